The van der Waals surface area contributed by atoms with Crippen molar-refractivity contribution < 1.29 is 19.1 Å². The van der Waals surface area contributed by atoms with E-state index in [1.807, 2.05) is 41.8 Å². The Balaban J connectivity index is 1.60. The molecule has 0 spiro atoms. The molecule has 1 aliphatic carbocycles. The van der Waals surface area contributed by atoms with E-state index in [9.17, 15) is 9.59 Å². The van der Waals surface area contributed by atoms with Crippen molar-refractivity contribution in [3.63, 3.8) is 0 Å². The summed E-state index contributed by atoms with van der Waals surface area (Å²) in [5.74, 6) is 0.742. The molecule has 0 saturated heterocycles. The van der Waals surface area contributed by atoms with Gasteiger partial charge in [-0.3, -0.25) is 14.5 Å². The lowest BCUT2D eigenvalue weighted by atomic mass is 9.91. The number of amides is 2. The zero-order valence-electron chi connectivity index (χ0n) is 21.4. The average molecular weight is 490 g/mol. The van der Waals surface area contributed by atoms with Gasteiger partial charge in [0, 0.05) is 23.0 Å². The van der Waals surface area contributed by atoms with Crippen LogP contribution in [0.3, 0.4) is 0 Å². The molecule has 2 heterocycles. The van der Waals surface area contributed by atoms with E-state index in [1.54, 1.807) is 37.3 Å². The number of carbonyl (C=O) groups is 2. The smallest absolute Gasteiger partial charge is 0.276 e. The van der Waals surface area contributed by atoms with Crippen LogP contribution in [0.1, 0.15) is 62.4 Å². The number of anilines is 1. The number of methoxy groups -OCH3 is 2. The molecule has 1 N–H and O–H groups in total. The molecular formula is C29H35N3O4. The predicted octanol–water partition coefficient (Wildman–Crippen LogP) is 5.31. The zero-order chi connectivity index (χ0) is 25.3. The predicted molar refractivity (Wildman–Crippen MR) is 141 cm³/mol. The molecule has 1 atom stereocenters. The van der Waals surface area contributed by atoms with Crippen LogP contribution in [0, 0.1) is 0 Å². The van der Waals surface area contributed by atoms with Crippen LogP contribution >= 0.6 is 0 Å². The molecule has 7 heteroatoms. The van der Waals surface area contributed by atoms with Crippen molar-refractivity contribution in [2.24, 2.45) is 0 Å². The number of ether oxygens (including phenoxy) is 2. The Bertz CT molecular complexity index is 1270. The molecule has 0 radical (unpaired) electrons. The van der Waals surface area contributed by atoms with Crippen LogP contribution in [-0.4, -0.2) is 42.2 Å². The van der Waals surface area contributed by atoms with Gasteiger partial charge < -0.3 is 19.4 Å². The molecule has 2 amide bonds. The van der Waals surface area contributed by atoms with Crippen molar-refractivity contribution in [1.29, 1.82) is 0 Å². The minimum absolute atomic E-state index is 0.118. The van der Waals surface area contributed by atoms with Gasteiger partial charge in [-0.25, -0.2) is 0 Å². The summed E-state index contributed by atoms with van der Waals surface area (Å²) in [6, 6.07) is 15.3. The van der Waals surface area contributed by atoms with Gasteiger partial charge in [0.05, 0.1) is 26.5 Å². The van der Waals surface area contributed by atoms with Crippen LogP contribution in [-0.2, 0) is 11.3 Å². The Hall–Kier alpha value is -3.48. The van der Waals surface area contributed by atoms with Gasteiger partial charge in [-0.05, 0) is 44.0 Å². The van der Waals surface area contributed by atoms with Gasteiger partial charge in [-0.1, -0.05) is 50.3 Å². The number of benzene rings is 2. The van der Waals surface area contributed by atoms with E-state index in [0.717, 1.165) is 36.6 Å². The Kier molecular flexibility index (Phi) is 6.65. The first-order valence-electron chi connectivity index (χ1n) is 12.9. The maximum absolute atomic E-state index is 14.2. The van der Waals surface area contributed by atoms with Crippen molar-refractivity contribution in [1.82, 2.24) is 9.88 Å². The maximum Gasteiger partial charge on any atom is 0.276 e. The van der Waals surface area contributed by atoms with E-state index < -0.39 is 5.54 Å². The number of hydrogen-bond donors (Lipinski definition) is 1. The second-order valence-electron chi connectivity index (χ2n) is 10.1. The Labute approximate surface area is 212 Å². The lowest BCUT2D eigenvalue weighted by Gasteiger charge is -2.45. The third-order valence-electron chi connectivity index (χ3n) is 7.75. The molecule has 2 aromatic carbocycles. The first-order valence-corrected chi connectivity index (χ1v) is 12.9. The second kappa shape index (κ2) is 9.88. The number of fused-ring (bicyclic) bond motifs is 3. The van der Waals surface area contributed by atoms with Gasteiger partial charge in [0.2, 0.25) is 5.91 Å². The Morgan fingerprint density at radius 2 is 1.69 bits per heavy atom. The minimum Gasteiger partial charge on any atom is -0.497 e. The van der Waals surface area contributed by atoms with Crippen LogP contribution in [0.5, 0.6) is 11.5 Å². The zero-order valence-corrected chi connectivity index (χ0v) is 21.4. The number of hydrogen-bond acceptors (Lipinski definition) is 4. The summed E-state index contributed by atoms with van der Waals surface area (Å²) in [5.41, 5.74) is 0.906. The van der Waals surface area contributed by atoms with Gasteiger partial charge in [0.15, 0.2) is 0 Å². The molecule has 1 fully saturated rings. The summed E-state index contributed by atoms with van der Waals surface area (Å²) >= 11 is 0. The molecule has 1 aliphatic heterocycles. The summed E-state index contributed by atoms with van der Waals surface area (Å²) in [7, 11) is 3.15. The minimum atomic E-state index is -1.16. The van der Waals surface area contributed by atoms with Crippen LogP contribution in [0.2, 0.25) is 0 Å². The van der Waals surface area contributed by atoms with Crippen LogP contribution in [0.15, 0.2) is 48.5 Å². The van der Waals surface area contributed by atoms with Crippen molar-refractivity contribution in [3.8, 4) is 11.5 Å². The lowest BCUT2D eigenvalue weighted by Crippen LogP contribution is -2.65. The quantitative estimate of drug-likeness (QED) is 0.527. The molecule has 1 unspecified atom stereocenters. The molecule has 0 bridgehead atoms. The highest BCUT2D eigenvalue weighted by Gasteiger charge is 2.49. The fourth-order valence-electron chi connectivity index (χ4n) is 5.73. The topological polar surface area (TPSA) is 72.8 Å². The number of nitrogens with zero attached hydrogens (tertiary/aromatic N) is 2. The van der Waals surface area contributed by atoms with Crippen molar-refractivity contribution >= 4 is 28.4 Å². The molecule has 3 aromatic rings. The number of aromatic nitrogens is 1. The Morgan fingerprint density at radius 3 is 2.42 bits per heavy atom. The second-order valence-corrected chi connectivity index (χ2v) is 10.1. The van der Waals surface area contributed by atoms with E-state index in [4.69, 9.17) is 9.47 Å². The standard InChI is InChI=1S/C29H35N3O4/c1-29(28(34)30-21-12-7-5-4-6-8-13-21)19-31-23-14-10-9-11-20(23)17-25(31)27(33)32(29)24-16-15-22(35-2)18-26(24)36-3/h9-11,14-18,21H,4-8,12-13,19H2,1-3H3,(H,30,34). The van der Waals surface area contributed by atoms with Gasteiger partial charge >= 0.3 is 0 Å². The van der Waals surface area contributed by atoms with Gasteiger partial charge in [0.25, 0.3) is 5.91 Å². The van der Waals surface area contributed by atoms with Gasteiger partial charge in [-0.15, -0.1) is 0 Å². The fourth-order valence-corrected chi connectivity index (χ4v) is 5.73. The number of rotatable bonds is 5. The monoisotopic (exact) mass is 489 g/mol. The largest absolute Gasteiger partial charge is 0.497 e. The highest BCUT2D eigenvalue weighted by molar-refractivity contribution is 6.14. The number of carbonyl (C=O) groups excluding carboxylic acids is 2. The first kappa shape index (κ1) is 24.2. The van der Waals surface area contributed by atoms with Gasteiger partial charge in [0.1, 0.15) is 22.7 Å². The van der Waals surface area contributed by atoms with E-state index in [2.05, 4.69) is 5.32 Å². The van der Waals surface area contributed by atoms with Crippen molar-refractivity contribution in [2.45, 2.75) is 70.0 Å². The lowest BCUT2D eigenvalue weighted by molar-refractivity contribution is -0.127. The molecule has 2 aliphatic rings. The number of para-hydroxylation sites is 1. The van der Waals surface area contributed by atoms with Crippen molar-refractivity contribution in [2.75, 3.05) is 19.1 Å². The molecule has 1 saturated carbocycles. The summed E-state index contributed by atoms with van der Waals surface area (Å²) in [4.78, 5) is 29.9. The first-order chi connectivity index (χ1) is 17.5. The molecule has 5 rings (SSSR count). The third kappa shape index (κ3) is 4.21. The number of nitrogens with one attached hydrogen (secondary N) is 1. The normalized spacial score (nSPS) is 21.0. The summed E-state index contributed by atoms with van der Waals surface area (Å²) in [5, 5.41) is 4.32. The molecule has 190 valence electrons. The van der Waals surface area contributed by atoms with Crippen LogP contribution in [0.25, 0.3) is 10.9 Å². The SMILES string of the molecule is COc1ccc(N2C(=O)c3cc4ccccc4n3CC2(C)C(=O)NC2CCCCCCC2)c(OC)c1. The highest BCUT2D eigenvalue weighted by Crippen LogP contribution is 2.41. The molecule has 36 heavy (non-hydrogen) atoms. The van der Waals surface area contributed by atoms with E-state index in [-0.39, 0.29) is 17.9 Å². The van der Waals surface area contributed by atoms with E-state index in [1.165, 1.54) is 19.3 Å². The van der Waals surface area contributed by atoms with Crippen LogP contribution < -0.4 is 19.7 Å². The maximum atomic E-state index is 14.2. The molecular weight excluding hydrogens is 454 g/mol. The third-order valence-corrected chi connectivity index (χ3v) is 7.75. The van der Waals surface area contributed by atoms with Crippen molar-refractivity contribution in [3.05, 3.63) is 54.2 Å². The summed E-state index contributed by atoms with van der Waals surface area (Å²) in [6.45, 7) is 2.21. The fraction of sp³-hybridized carbons (Fsp3) is 0.448. The van der Waals surface area contributed by atoms with E-state index >= 15 is 0 Å². The van der Waals surface area contributed by atoms with Crippen LogP contribution in [0.4, 0.5) is 5.69 Å². The van der Waals surface area contributed by atoms with Gasteiger partial charge in [-0.2, -0.15) is 0 Å². The Morgan fingerprint density at radius 1 is 0.972 bits per heavy atom. The average Bonchev–Trinajstić information content (AvgIpc) is 3.24. The molecule has 1 aromatic heterocycles. The summed E-state index contributed by atoms with van der Waals surface area (Å²) < 4.78 is 13.0. The summed E-state index contributed by atoms with van der Waals surface area (Å²) in [6.07, 6.45) is 7.85. The van der Waals surface area contributed by atoms with E-state index in [0.29, 0.717) is 29.4 Å². The molecule has 7 nitrogen and oxygen atoms in total. The highest BCUT2D eigenvalue weighted by atomic mass is 16.5.